The lowest BCUT2D eigenvalue weighted by atomic mass is 10.0. The number of aldehydes is 1. The fourth-order valence-electron chi connectivity index (χ4n) is 4.32. The Bertz CT molecular complexity index is 1330. The van der Waals surface area contributed by atoms with Crippen molar-refractivity contribution in [1.82, 2.24) is 24.6 Å². The number of anilines is 2. The molecule has 4 rings (SSSR count). The smallest absolute Gasteiger partial charge is 0.353 e. The van der Waals surface area contributed by atoms with E-state index in [1.807, 2.05) is 0 Å². The van der Waals surface area contributed by atoms with Gasteiger partial charge in [-0.05, 0) is 37.1 Å². The lowest BCUT2D eigenvalue weighted by Crippen LogP contribution is -2.47. The maximum Gasteiger partial charge on any atom is 0.416 e. The zero-order valence-electron chi connectivity index (χ0n) is 22.8. The molecule has 0 spiro atoms. The number of thiazole rings is 1. The summed E-state index contributed by atoms with van der Waals surface area (Å²) in [4.78, 5) is 41.8. The number of halogens is 3. The van der Waals surface area contributed by atoms with E-state index >= 15 is 0 Å². The van der Waals surface area contributed by atoms with Gasteiger partial charge in [-0.3, -0.25) is 19.7 Å². The summed E-state index contributed by atoms with van der Waals surface area (Å²) >= 11 is 2.72. The van der Waals surface area contributed by atoms with Gasteiger partial charge in [0.1, 0.15) is 17.8 Å². The maximum absolute atomic E-state index is 13.5. The van der Waals surface area contributed by atoms with Crippen molar-refractivity contribution >= 4 is 46.4 Å². The summed E-state index contributed by atoms with van der Waals surface area (Å²) in [7, 11) is 0. The van der Waals surface area contributed by atoms with Gasteiger partial charge in [0.15, 0.2) is 5.13 Å². The third-order valence-corrected chi connectivity index (χ3v) is 8.30. The fourth-order valence-corrected chi connectivity index (χ4v) is 5.93. The SMILES string of the molecule is CCCSNCc1sc(NC(=O)c2cnc(N3CCN(CCC=O)CC3)cn2)nc1-c1cc(C)cc(C(F)(F)F)c1. The van der Waals surface area contributed by atoms with E-state index in [1.165, 1.54) is 29.5 Å². The minimum Gasteiger partial charge on any atom is -0.353 e. The highest BCUT2D eigenvalue weighted by Crippen LogP contribution is 2.37. The molecule has 0 bridgehead atoms. The van der Waals surface area contributed by atoms with Crippen molar-refractivity contribution in [3.63, 3.8) is 0 Å². The summed E-state index contributed by atoms with van der Waals surface area (Å²) in [6, 6.07) is 3.84. The second-order valence-electron chi connectivity index (χ2n) is 9.54. The molecule has 2 N–H and O–H groups in total. The van der Waals surface area contributed by atoms with Crippen LogP contribution >= 0.6 is 23.3 Å². The zero-order chi connectivity index (χ0) is 29.4. The van der Waals surface area contributed by atoms with Crippen molar-refractivity contribution in [3.05, 3.63) is 52.3 Å². The van der Waals surface area contributed by atoms with Crippen LogP contribution in [0.3, 0.4) is 0 Å². The number of nitrogens with one attached hydrogen (secondary N) is 2. The average molecular weight is 608 g/mol. The Morgan fingerprint density at radius 2 is 1.93 bits per heavy atom. The highest BCUT2D eigenvalue weighted by molar-refractivity contribution is 7.97. The van der Waals surface area contributed by atoms with Crippen molar-refractivity contribution < 1.29 is 22.8 Å². The van der Waals surface area contributed by atoms with Gasteiger partial charge in [-0.25, -0.2) is 15.0 Å². The molecule has 1 saturated heterocycles. The first-order valence-corrected chi connectivity index (χ1v) is 15.1. The van der Waals surface area contributed by atoms with Crippen molar-refractivity contribution in [1.29, 1.82) is 0 Å². The highest BCUT2D eigenvalue weighted by Gasteiger charge is 2.31. The summed E-state index contributed by atoms with van der Waals surface area (Å²) in [5.74, 6) is 1.03. The molecule has 3 heterocycles. The predicted octanol–water partition coefficient (Wildman–Crippen LogP) is 5.04. The van der Waals surface area contributed by atoms with Crippen LogP contribution in [-0.2, 0) is 17.5 Å². The number of hydrogen-bond acceptors (Lipinski definition) is 10. The standard InChI is InChI=1S/C27H32F3N7O2S2/c1-3-11-40-33-16-22-24(19-12-18(2)13-20(14-19)27(28,29)30)34-26(41-22)35-25(39)21-15-32-23(17-31-21)37-8-6-36(7-9-37)5-4-10-38/h10,12-15,17,33H,3-9,11,16H2,1-2H3,(H,34,35,39). The van der Waals surface area contributed by atoms with E-state index in [1.54, 1.807) is 19.2 Å². The van der Waals surface area contributed by atoms with E-state index in [0.29, 0.717) is 40.5 Å². The maximum atomic E-state index is 13.5. The van der Waals surface area contributed by atoms with Crippen LogP contribution in [0.2, 0.25) is 0 Å². The van der Waals surface area contributed by atoms with E-state index < -0.39 is 17.6 Å². The van der Waals surface area contributed by atoms with Gasteiger partial charge in [-0.1, -0.05) is 30.2 Å². The quantitative estimate of drug-likeness (QED) is 0.167. The molecule has 0 saturated carbocycles. The first-order chi connectivity index (χ1) is 19.7. The molecule has 1 amide bonds. The van der Waals surface area contributed by atoms with Crippen LogP contribution in [0, 0.1) is 6.92 Å². The lowest BCUT2D eigenvalue weighted by molar-refractivity contribution is -0.137. The summed E-state index contributed by atoms with van der Waals surface area (Å²) < 4.78 is 43.7. The molecule has 1 aromatic carbocycles. The second kappa shape index (κ2) is 14.2. The summed E-state index contributed by atoms with van der Waals surface area (Å²) in [5.41, 5.74) is 0.538. The van der Waals surface area contributed by atoms with Gasteiger partial charge in [-0.15, -0.1) is 0 Å². The number of amides is 1. The number of nitrogens with zero attached hydrogens (tertiary/aromatic N) is 5. The Balaban J connectivity index is 1.48. The van der Waals surface area contributed by atoms with Crippen molar-refractivity contribution in [2.24, 2.45) is 0 Å². The van der Waals surface area contributed by atoms with Crippen LogP contribution in [0.25, 0.3) is 11.3 Å². The minimum atomic E-state index is -4.49. The van der Waals surface area contributed by atoms with Crippen molar-refractivity contribution in [2.75, 3.05) is 48.7 Å². The van der Waals surface area contributed by atoms with Crippen LogP contribution in [0.4, 0.5) is 24.1 Å². The molecule has 0 atom stereocenters. The van der Waals surface area contributed by atoms with Crippen LogP contribution in [0.1, 0.15) is 46.3 Å². The van der Waals surface area contributed by atoms with Crippen LogP contribution in [0.5, 0.6) is 0 Å². The Morgan fingerprint density at radius 3 is 2.59 bits per heavy atom. The molecule has 41 heavy (non-hydrogen) atoms. The summed E-state index contributed by atoms with van der Waals surface area (Å²) in [5, 5.41) is 2.99. The Hall–Kier alpha value is -3.07. The monoisotopic (exact) mass is 607 g/mol. The van der Waals surface area contributed by atoms with E-state index in [0.717, 1.165) is 63.3 Å². The normalized spacial score (nSPS) is 14.3. The zero-order valence-corrected chi connectivity index (χ0v) is 24.5. The molecular formula is C27H32F3N7O2S2. The number of aromatic nitrogens is 3. The fraction of sp³-hybridized carbons (Fsp3) is 0.444. The third-order valence-electron chi connectivity index (χ3n) is 6.37. The summed E-state index contributed by atoms with van der Waals surface area (Å²) in [6.45, 7) is 7.88. The average Bonchev–Trinajstić information content (AvgIpc) is 3.36. The van der Waals surface area contributed by atoms with Crippen molar-refractivity contribution in [2.45, 2.75) is 39.4 Å². The first kappa shape index (κ1) is 30.9. The van der Waals surface area contributed by atoms with Crippen LogP contribution in [0.15, 0.2) is 30.6 Å². The molecule has 0 radical (unpaired) electrons. The van der Waals surface area contributed by atoms with Gasteiger partial charge in [0, 0.05) is 61.9 Å². The molecule has 0 unspecified atom stereocenters. The van der Waals surface area contributed by atoms with Gasteiger partial charge < -0.3 is 9.69 Å². The van der Waals surface area contributed by atoms with Gasteiger partial charge >= 0.3 is 6.18 Å². The lowest BCUT2D eigenvalue weighted by Gasteiger charge is -2.34. The van der Waals surface area contributed by atoms with E-state index in [4.69, 9.17) is 0 Å². The Morgan fingerprint density at radius 1 is 1.15 bits per heavy atom. The Labute approximate surface area is 245 Å². The largest absolute Gasteiger partial charge is 0.416 e. The van der Waals surface area contributed by atoms with Crippen LogP contribution < -0.4 is 14.9 Å². The van der Waals surface area contributed by atoms with E-state index in [9.17, 15) is 22.8 Å². The molecule has 1 aliphatic rings. The molecule has 1 aliphatic heterocycles. The number of piperazine rings is 1. The molecule has 14 heteroatoms. The molecule has 3 aromatic rings. The molecule has 9 nitrogen and oxygen atoms in total. The third kappa shape index (κ3) is 8.47. The van der Waals surface area contributed by atoms with Crippen LogP contribution in [-0.4, -0.2) is 70.5 Å². The number of rotatable bonds is 12. The number of carbonyl (C=O) groups excluding carboxylic acids is 2. The van der Waals surface area contributed by atoms with Gasteiger partial charge in [0.05, 0.1) is 23.7 Å². The predicted molar refractivity (Wildman–Crippen MR) is 156 cm³/mol. The van der Waals surface area contributed by atoms with E-state index in [-0.39, 0.29) is 10.8 Å². The second-order valence-corrected chi connectivity index (χ2v) is 11.6. The molecule has 2 aromatic heterocycles. The molecular weight excluding hydrogens is 575 g/mol. The van der Waals surface area contributed by atoms with Gasteiger partial charge in [-0.2, -0.15) is 13.2 Å². The van der Waals surface area contributed by atoms with Crippen molar-refractivity contribution in [3.8, 4) is 11.3 Å². The van der Waals surface area contributed by atoms with Gasteiger partial charge in [0.25, 0.3) is 5.91 Å². The minimum absolute atomic E-state index is 0.100. The number of hydrogen-bond donors (Lipinski definition) is 2. The number of carbonyl (C=O) groups is 2. The molecule has 0 aliphatic carbocycles. The highest BCUT2D eigenvalue weighted by atomic mass is 32.2. The number of aryl methyl sites for hydroxylation is 1. The number of alkyl halides is 3. The Kier molecular flexibility index (Phi) is 10.7. The first-order valence-electron chi connectivity index (χ1n) is 13.3. The topological polar surface area (TPSA) is 103 Å². The molecule has 220 valence electrons. The van der Waals surface area contributed by atoms with Gasteiger partial charge in [0.2, 0.25) is 0 Å². The number of benzene rings is 1. The molecule has 1 fully saturated rings. The van der Waals surface area contributed by atoms with E-state index in [2.05, 4.69) is 41.7 Å². The summed E-state index contributed by atoms with van der Waals surface area (Å²) in [6.07, 6.45) is 0.869.